The quantitative estimate of drug-likeness (QED) is 0.715. The number of nitrogens with two attached hydrogens (primary N) is 1. The van der Waals surface area contributed by atoms with Crippen molar-refractivity contribution in [2.24, 2.45) is 5.73 Å². The Kier molecular flexibility index (Phi) is 2.10. The van der Waals surface area contributed by atoms with Crippen LogP contribution in [0.4, 0.5) is 0 Å². The van der Waals surface area contributed by atoms with Gasteiger partial charge in [0, 0.05) is 13.2 Å². The summed E-state index contributed by atoms with van der Waals surface area (Å²) in [6.07, 6.45) is 3.63. The molecule has 0 aromatic carbocycles. The van der Waals surface area contributed by atoms with Crippen molar-refractivity contribution in [3.8, 4) is 0 Å². The van der Waals surface area contributed by atoms with Gasteiger partial charge in [0.1, 0.15) is 6.10 Å². The van der Waals surface area contributed by atoms with Crippen molar-refractivity contribution in [2.45, 2.75) is 25.5 Å². The lowest BCUT2D eigenvalue weighted by atomic mass is 10.1. The summed E-state index contributed by atoms with van der Waals surface area (Å²) < 4.78 is 10.7. The van der Waals surface area contributed by atoms with Gasteiger partial charge in [-0.15, -0.1) is 0 Å². The zero-order chi connectivity index (χ0) is 8.39. The number of oxazole rings is 1. The van der Waals surface area contributed by atoms with E-state index in [1.807, 2.05) is 0 Å². The largest absolute Gasteiger partial charge is 0.445 e. The Morgan fingerprint density at radius 3 is 3.25 bits per heavy atom. The topological polar surface area (TPSA) is 61.3 Å². The second-order valence-corrected chi connectivity index (χ2v) is 2.87. The lowest BCUT2D eigenvalue weighted by Gasteiger charge is -2.05. The van der Waals surface area contributed by atoms with E-state index < -0.39 is 0 Å². The smallest absolute Gasteiger partial charge is 0.181 e. The minimum Gasteiger partial charge on any atom is -0.445 e. The summed E-state index contributed by atoms with van der Waals surface area (Å²) in [4.78, 5) is 4.01. The van der Waals surface area contributed by atoms with Crippen LogP contribution in [0.2, 0.25) is 0 Å². The van der Waals surface area contributed by atoms with E-state index in [9.17, 15) is 0 Å². The van der Waals surface area contributed by atoms with Crippen molar-refractivity contribution < 1.29 is 9.15 Å². The first-order valence-corrected chi connectivity index (χ1v) is 4.15. The lowest BCUT2D eigenvalue weighted by molar-refractivity contribution is 0.0926. The number of aromatic nitrogens is 1. The van der Waals surface area contributed by atoms with Crippen LogP contribution in [0.15, 0.2) is 10.8 Å². The van der Waals surface area contributed by atoms with Crippen molar-refractivity contribution in [3.05, 3.63) is 17.8 Å². The van der Waals surface area contributed by atoms with Crippen molar-refractivity contribution in [1.29, 1.82) is 0 Å². The van der Waals surface area contributed by atoms with Gasteiger partial charge in [-0.25, -0.2) is 4.98 Å². The Labute approximate surface area is 70.7 Å². The van der Waals surface area contributed by atoms with Crippen molar-refractivity contribution in [1.82, 2.24) is 4.98 Å². The van der Waals surface area contributed by atoms with Gasteiger partial charge in [-0.1, -0.05) is 0 Å². The van der Waals surface area contributed by atoms with Crippen LogP contribution in [0.1, 0.15) is 30.4 Å². The Hall–Kier alpha value is -0.870. The molecule has 4 heteroatoms. The average Bonchev–Trinajstić information content (AvgIpc) is 2.74. The van der Waals surface area contributed by atoms with Crippen LogP contribution in [0, 0.1) is 0 Å². The highest BCUT2D eigenvalue weighted by Gasteiger charge is 2.23. The molecule has 1 unspecified atom stereocenters. The molecule has 1 aromatic heterocycles. The van der Waals surface area contributed by atoms with Gasteiger partial charge in [-0.2, -0.15) is 0 Å². The van der Waals surface area contributed by atoms with Gasteiger partial charge in [-0.05, 0) is 12.8 Å². The minimum absolute atomic E-state index is 0.0889. The molecule has 0 amide bonds. The molecule has 2 rings (SSSR count). The SMILES string of the molecule is NCc1ncoc1C1CCCO1. The van der Waals surface area contributed by atoms with E-state index in [1.54, 1.807) is 0 Å². The van der Waals surface area contributed by atoms with Gasteiger partial charge in [0.05, 0.1) is 5.69 Å². The molecule has 0 bridgehead atoms. The van der Waals surface area contributed by atoms with E-state index in [0.29, 0.717) is 6.54 Å². The molecule has 12 heavy (non-hydrogen) atoms. The van der Waals surface area contributed by atoms with E-state index >= 15 is 0 Å². The Morgan fingerprint density at radius 1 is 1.67 bits per heavy atom. The third-order valence-corrected chi connectivity index (χ3v) is 2.09. The highest BCUT2D eigenvalue weighted by Crippen LogP contribution is 2.30. The van der Waals surface area contributed by atoms with Gasteiger partial charge in [0.15, 0.2) is 12.2 Å². The normalized spacial score (nSPS) is 23.2. The lowest BCUT2D eigenvalue weighted by Crippen LogP contribution is -2.04. The second kappa shape index (κ2) is 3.25. The minimum atomic E-state index is 0.0889. The Bertz CT molecular complexity index is 253. The number of hydrogen-bond donors (Lipinski definition) is 1. The molecule has 0 spiro atoms. The highest BCUT2D eigenvalue weighted by atomic mass is 16.5. The van der Waals surface area contributed by atoms with Crippen molar-refractivity contribution in [2.75, 3.05) is 6.61 Å². The summed E-state index contributed by atoms with van der Waals surface area (Å²) in [7, 11) is 0. The Balaban J connectivity index is 2.19. The van der Waals surface area contributed by atoms with Gasteiger partial charge < -0.3 is 14.9 Å². The molecule has 66 valence electrons. The summed E-state index contributed by atoms with van der Waals surface area (Å²) in [5.41, 5.74) is 6.31. The average molecular weight is 168 g/mol. The zero-order valence-corrected chi connectivity index (χ0v) is 6.82. The summed E-state index contributed by atoms with van der Waals surface area (Å²) in [6.45, 7) is 1.24. The number of hydrogen-bond acceptors (Lipinski definition) is 4. The first kappa shape index (κ1) is 7.76. The van der Waals surface area contributed by atoms with Gasteiger partial charge >= 0.3 is 0 Å². The maximum Gasteiger partial charge on any atom is 0.181 e. The monoisotopic (exact) mass is 168 g/mol. The molecule has 1 aliphatic rings. The fourth-order valence-corrected chi connectivity index (χ4v) is 1.48. The van der Waals surface area contributed by atoms with Crippen LogP contribution in [-0.4, -0.2) is 11.6 Å². The fourth-order valence-electron chi connectivity index (χ4n) is 1.48. The van der Waals surface area contributed by atoms with Crippen molar-refractivity contribution in [3.63, 3.8) is 0 Å². The van der Waals surface area contributed by atoms with Crippen LogP contribution in [0.25, 0.3) is 0 Å². The predicted octanol–water partition coefficient (Wildman–Crippen LogP) is 0.985. The zero-order valence-electron chi connectivity index (χ0n) is 6.82. The number of ether oxygens (including phenoxy) is 1. The molecule has 1 fully saturated rings. The standard InChI is InChI=1S/C8H12N2O2/c9-4-6-8(12-5-10-6)7-2-1-3-11-7/h5,7H,1-4,9H2. The first-order valence-electron chi connectivity index (χ1n) is 4.15. The molecule has 1 atom stereocenters. The molecule has 2 heterocycles. The predicted molar refractivity (Wildman–Crippen MR) is 42.3 cm³/mol. The van der Waals surface area contributed by atoms with Gasteiger partial charge in [0.2, 0.25) is 0 Å². The maximum absolute atomic E-state index is 5.48. The Morgan fingerprint density at radius 2 is 2.58 bits per heavy atom. The third kappa shape index (κ3) is 1.23. The van der Waals surface area contributed by atoms with Gasteiger partial charge in [-0.3, -0.25) is 0 Å². The summed E-state index contributed by atoms with van der Waals surface area (Å²) >= 11 is 0. The van der Waals surface area contributed by atoms with Crippen LogP contribution in [-0.2, 0) is 11.3 Å². The van der Waals surface area contributed by atoms with E-state index in [-0.39, 0.29) is 6.10 Å². The van der Waals surface area contributed by atoms with Crippen LogP contribution >= 0.6 is 0 Å². The molecular formula is C8H12N2O2. The van der Waals surface area contributed by atoms with Crippen LogP contribution in [0.3, 0.4) is 0 Å². The summed E-state index contributed by atoms with van der Waals surface area (Å²) in [5, 5.41) is 0. The fraction of sp³-hybridized carbons (Fsp3) is 0.625. The molecule has 2 N–H and O–H groups in total. The van der Waals surface area contributed by atoms with E-state index in [0.717, 1.165) is 30.9 Å². The number of nitrogens with zero attached hydrogens (tertiary/aromatic N) is 1. The molecule has 0 radical (unpaired) electrons. The van der Waals surface area contributed by atoms with E-state index in [4.69, 9.17) is 14.9 Å². The molecule has 0 aliphatic carbocycles. The molecule has 4 nitrogen and oxygen atoms in total. The second-order valence-electron chi connectivity index (χ2n) is 2.87. The summed E-state index contributed by atoms with van der Waals surface area (Å²) in [6, 6.07) is 0. The van der Waals surface area contributed by atoms with Crippen LogP contribution in [0.5, 0.6) is 0 Å². The van der Waals surface area contributed by atoms with Crippen LogP contribution < -0.4 is 5.73 Å². The summed E-state index contributed by atoms with van der Waals surface area (Å²) in [5.74, 6) is 0.815. The molecule has 1 aliphatic heterocycles. The third-order valence-electron chi connectivity index (χ3n) is 2.09. The molecule has 1 saturated heterocycles. The van der Waals surface area contributed by atoms with Gasteiger partial charge in [0.25, 0.3) is 0 Å². The van der Waals surface area contributed by atoms with E-state index in [2.05, 4.69) is 4.98 Å². The maximum atomic E-state index is 5.48. The molecule has 1 aromatic rings. The first-order chi connectivity index (χ1) is 5.92. The van der Waals surface area contributed by atoms with Crippen molar-refractivity contribution >= 4 is 0 Å². The highest BCUT2D eigenvalue weighted by molar-refractivity contribution is 5.10. The molecular weight excluding hydrogens is 156 g/mol. The molecule has 0 saturated carbocycles. The number of rotatable bonds is 2. The van der Waals surface area contributed by atoms with E-state index in [1.165, 1.54) is 6.39 Å².